The van der Waals surface area contributed by atoms with E-state index in [4.69, 9.17) is 16.3 Å². The van der Waals surface area contributed by atoms with E-state index in [9.17, 15) is 5.11 Å². The first-order valence-corrected chi connectivity index (χ1v) is 10.4. The van der Waals surface area contributed by atoms with E-state index in [1.54, 1.807) is 6.07 Å². The average Bonchev–Trinajstić information content (AvgIpc) is 2.74. The summed E-state index contributed by atoms with van der Waals surface area (Å²) in [6.07, 6.45) is 1.21. The van der Waals surface area contributed by atoms with Gasteiger partial charge in [-0.2, -0.15) is 0 Å². The largest absolute Gasteiger partial charge is 0.493 e. The van der Waals surface area contributed by atoms with Gasteiger partial charge < -0.3 is 15.2 Å². The Kier molecular flexibility index (Phi) is 8.12. The molecule has 0 saturated carbocycles. The highest BCUT2D eigenvalue weighted by molar-refractivity contribution is 6.30. The molecule has 0 aromatic heterocycles. The third kappa shape index (κ3) is 7.21. The Morgan fingerprint density at radius 3 is 2.41 bits per heavy atom. The zero-order valence-electron chi connectivity index (χ0n) is 16.7. The van der Waals surface area contributed by atoms with Gasteiger partial charge in [0, 0.05) is 24.0 Å². The van der Waals surface area contributed by atoms with Gasteiger partial charge in [-0.15, -0.1) is 0 Å². The van der Waals surface area contributed by atoms with Gasteiger partial charge in [0.25, 0.3) is 0 Å². The summed E-state index contributed by atoms with van der Waals surface area (Å²) in [4.78, 5) is 0. The number of ether oxygens (including phenoxy) is 1. The maximum absolute atomic E-state index is 10.3. The second-order valence-electron chi connectivity index (χ2n) is 7.31. The second kappa shape index (κ2) is 11.0. The van der Waals surface area contributed by atoms with Crippen LogP contribution in [0.3, 0.4) is 0 Å². The van der Waals surface area contributed by atoms with Gasteiger partial charge in [0.2, 0.25) is 0 Å². The highest BCUT2D eigenvalue weighted by Crippen LogP contribution is 2.18. The van der Waals surface area contributed by atoms with Crippen molar-refractivity contribution in [3.8, 4) is 5.75 Å². The number of aliphatic hydroxyl groups is 1. The number of hydrogen-bond donors (Lipinski definition) is 2. The van der Waals surface area contributed by atoms with Crippen LogP contribution in [0.1, 0.15) is 29.7 Å². The number of aliphatic hydroxyl groups excluding tert-OH is 1. The predicted octanol–water partition coefficient (Wildman–Crippen LogP) is 5.22. The summed E-state index contributed by atoms with van der Waals surface area (Å²) in [7, 11) is 0. The van der Waals surface area contributed by atoms with Crippen LogP contribution in [-0.4, -0.2) is 24.3 Å². The molecule has 0 aliphatic rings. The molecule has 0 fully saturated rings. The van der Waals surface area contributed by atoms with Crippen molar-refractivity contribution in [2.45, 2.75) is 31.9 Å². The first kappa shape index (κ1) is 21.4. The molecule has 3 aromatic carbocycles. The van der Waals surface area contributed by atoms with Gasteiger partial charge in [-0.05, 0) is 54.3 Å². The third-order valence-electron chi connectivity index (χ3n) is 4.86. The number of rotatable bonds is 10. The van der Waals surface area contributed by atoms with Crippen LogP contribution in [-0.2, 0) is 12.8 Å². The fourth-order valence-corrected chi connectivity index (χ4v) is 3.42. The van der Waals surface area contributed by atoms with Crippen LogP contribution < -0.4 is 10.1 Å². The Morgan fingerprint density at radius 1 is 0.931 bits per heavy atom. The van der Waals surface area contributed by atoms with E-state index in [0.29, 0.717) is 18.2 Å². The monoisotopic (exact) mass is 409 g/mol. The van der Waals surface area contributed by atoms with Crippen molar-refractivity contribution in [1.29, 1.82) is 0 Å². The minimum absolute atomic E-state index is 0.244. The summed E-state index contributed by atoms with van der Waals surface area (Å²) in [5.74, 6) is 0.890. The Hall–Kier alpha value is -2.33. The van der Waals surface area contributed by atoms with Gasteiger partial charge >= 0.3 is 0 Å². The summed E-state index contributed by atoms with van der Waals surface area (Å²) >= 11 is 5.99. The van der Waals surface area contributed by atoms with Gasteiger partial charge in [0.1, 0.15) is 5.75 Å². The molecule has 4 heteroatoms. The molecule has 0 spiro atoms. The molecular formula is C25H28ClNO2. The van der Waals surface area contributed by atoms with E-state index in [-0.39, 0.29) is 6.04 Å². The van der Waals surface area contributed by atoms with Crippen LogP contribution in [0.25, 0.3) is 0 Å². The lowest BCUT2D eigenvalue weighted by atomic mass is 10.1. The van der Waals surface area contributed by atoms with Crippen molar-refractivity contribution >= 4 is 11.6 Å². The molecule has 0 radical (unpaired) electrons. The van der Waals surface area contributed by atoms with Crippen molar-refractivity contribution in [1.82, 2.24) is 5.32 Å². The molecule has 0 heterocycles. The SMILES string of the molecule is CC(Cc1ccc(OCCc2ccccc2)cc1)NCC(O)c1cccc(Cl)c1. The van der Waals surface area contributed by atoms with Crippen LogP contribution in [0.2, 0.25) is 5.02 Å². The lowest BCUT2D eigenvalue weighted by Gasteiger charge is -2.18. The van der Waals surface area contributed by atoms with Gasteiger partial charge in [-0.25, -0.2) is 0 Å². The lowest BCUT2D eigenvalue weighted by molar-refractivity contribution is 0.170. The molecule has 0 aliphatic heterocycles. The van der Waals surface area contributed by atoms with Crippen molar-refractivity contribution in [3.63, 3.8) is 0 Å². The molecule has 29 heavy (non-hydrogen) atoms. The van der Waals surface area contributed by atoms with Crippen LogP contribution in [0.4, 0.5) is 0 Å². The van der Waals surface area contributed by atoms with Crippen molar-refractivity contribution in [2.75, 3.05) is 13.2 Å². The molecule has 2 N–H and O–H groups in total. The van der Waals surface area contributed by atoms with Gasteiger partial charge in [0.05, 0.1) is 12.7 Å². The number of nitrogens with one attached hydrogen (secondary N) is 1. The van der Waals surface area contributed by atoms with Crippen LogP contribution in [0, 0.1) is 0 Å². The highest BCUT2D eigenvalue weighted by atomic mass is 35.5. The Bertz CT molecular complexity index is 868. The minimum Gasteiger partial charge on any atom is -0.493 e. The molecule has 0 amide bonds. The van der Waals surface area contributed by atoms with Crippen LogP contribution in [0.5, 0.6) is 5.75 Å². The zero-order valence-corrected chi connectivity index (χ0v) is 17.5. The summed E-state index contributed by atoms with van der Waals surface area (Å²) < 4.78 is 5.85. The molecule has 3 nitrogen and oxygen atoms in total. The summed E-state index contributed by atoms with van der Waals surface area (Å²) in [5, 5.41) is 14.4. The van der Waals surface area contributed by atoms with E-state index >= 15 is 0 Å². The third-order valence-corrected chi connectivity index (χ3v) is 5.10. The topological polar surface area (TPSA) is 41.5 Å². The fraction of sp³-hybridized carbons (Fsp3) is 0.280. The number of hydrogen-bond acceptors (Lipinski definition) is 3. The van der Waals surface area contributed by atoms with E-state index in [1.807, 2.05) is 48.5 Å². The van der Waals surface area contributed by atoms with E-state index < -0.39 is 6.10 Å². The van der Waals surface area contributed by atoms with Crippen LogP contribution >= 0.6 is 11.6 Å². The van der Waals surface area contributed by atoms with Gasteiger partial charge in [0.15, 0.2) is 0 Å². The standard InChI is InChI=1S/C25H28ClNO2/c1-19(27-18-25(28)22-8-5-9-23(26)17-22)16-21-10-12-24(13-11-21)29-15-14-20-6-3-2-4-7-20/h2-13,17,19,25,27-28H,14-16,18H2,1H3. The molecule has 0 aliphatic carbocycles. The smallest absolute Gasteiger partial charge is 0.119 e. The van der Waals surface area contributed by atoms with Crippen molar-refractivity contribution in [2.24, 2.45) is 0 Å². The van der Waals surface area contributed by atoms with E-state index in [0.717, 1.165) is 24.2 Å². The van der Waals surface area contributed by atoms with Crippen LogP contribution in [0.15, 0.2) is 78.9 Å². The normalized spacial score (nSPS) is 13.1. The van der Waals surface area contributed by atoms with Crippen molar-refractivity contribution in [3.05, 3.63) is 101 Å². The predicted molar refractivity (Wildman–Crippen MR) is 120 cm³/mol. The number of benzene rings is 3. The molecule has 0 saturated heterocycles. The van der Waals surface area contributed by atoms with Gasteiger partial charge in [-0.1, -0.05) is 66.2 Å². The first-order valence-electron chi connectivity index (χ1n) is 10.0. The first-order chi connectivity index (χ1) is 14.1. The summed E-state index contributed by atoms with van der Waals surface area (Å²) in [5.41, 5.74) is 3.34. The molecular weight excluding hydrogens is 382 g/mol. The maximum Gasteiger partial charge on any atom is 0.119 e. The minimum atomic E-state index is -0.573. The molecule has 3 aromatic rings. The summed E-state index contributed by atoms with van der Waals surface area (Å²) in [6, 6.07) is 26.2. The maximum atomic E-state index is 10.3. The Balaban J connectivity index is 1.40. The molecule has 0 bridgehead atoms. The second-order valence-corrected chi connectivity index (χ2v) is 7.75. The fourth-order valence-electron chi connectivity index (χ4n) is 3.22. The highest BCUT2D eigenvalue weighted by Gasteiger charge is 2.10. The lowest BCUT2D eigenvalue weighted by Crippen LogP contribution is -2.32. The Morgan fingerprint density at radius 2 is 1.69 bits per heavy atom. The summed E-state index contributed by atoms with van der Waals surface area (Å²) in [6.45, 7) is 3.28. The molecule has 2 unspecified atom stereocenters. The van der Waals surface area contributed by atoms with E-state index in [1.165, 1.54) is 11.1 Å². The van der Waals surface area contributed by atoms with Gasteiger partial charge in [-0.3, -0.25) is 0 Å². The molecule has 152 valence electrons. The van der Waals surface area contributed by atoms with E-state index in [2.05, 4.69) is 36.5 Å². The molecule has 3 rings (SSSR count). The average molecular weight is 410 g/mol. The van der Waals surface area contributed by atoms with Crippen molar-refractivity contribution < 1.29 is 9.84 Å². The quantitative estimate of drug-likeness (QED) is 0.482. The molecule has 2 atom stereocenters. The Labute approximate surface area is 178 Å². The zero-order chi connectivity index (χ0) is 20.5. The number of halogens is 1.